The topological polar surface area (TPSA) is 51.0 Å². The van der Waals surface area contributed by atoms with Gasteiger partial charge in [0.2, 0.25) is 0 Å². The van der Waals surface area contributed by atoms with Gasteiger partial charge in [0.25, 0.3) is 5.91 Å². The summed E-state index contributed by atoms with van der Waals surface area (Å²) >= 11 is 6.01. The first-order chi connectivity index (χ1) is 12.2. The van der Waals surface area contributed by atoms with Gasteiger partial charge in [-0.25, -0.2) is 4.68 Å². The van der Waals surface area contributed by atoms with Gasteiger partial charge in [0.15, 0.2) is 5.69 Å². The Morgan fingerprint density at radius 3 is 2.76 bits per heavy atom. The van der Waals surface area contributed by atoms with Crippen LogP contribution in [0.4, 0.5) is 0 Å². The molecule has 2 aromatic carbocycles. The Labute approximate surface area is 150 Å². The van der Waals surface area contributed by atoms with Crippen molar-refractivity contribution in [3.63, 3.8) is 0 Å². The molecule has 0 aliphatic carbocycles. The zero-order valence-corrected chi connectivity index (χ0v) is 14.3. The monoisotopic (exact) mass is 352 g/mol. The molecule has 0 bridgehead atoms. The van der Waals surface area contributed by atoms with E-state index in [-0.39, 0.29) is 5.91 Å². The molecule has 5 nitrogen and oxygen atoms in total. The summed E-state index contributed by atoms with van der Waals surface area (Å²) in [6.45, 7) is 1.45. The van der Waals surface area contributed by atoms with Crippen LogP contribution in [0.15, 0.2) is 60.8 Å². The molecule has 2 heterocycles. The lowest BCUT2D eigenvalue weighted by atomic mass is 9.99. The standard InChI is InChI=1S/C19H17ClN4O/c20-16-7-4-8-17(11-16)24-13-18(21-22-24)19(25)23-10-9-15(12-23)14-5-2-1-3-6-14/h1-8,11,13,15H,9-10,12H2. The third kappa shape index (κ3) is 3.28. The lowest BCUT2D eigenvalue weighted by molar-refractivity contribution is 0.0785. The van der Waals surface area contributed by atoms with Crippen molar-refractivity contribution >= 4 is 17.5 Å². The largest absolute Gasteiger partial charge is 0.337 e. The van der Waals surface area contributed by atoms with Crippen LogP contribution in [0.3, 0.4) is 0 Å². The second kappa shape index (κ2) is 6.69. The first kappa shape index (κ1) is 15.8. The number of hydrogen-bond donors (Lipinski definition) is 0. The zero-order valence-electron chi connectivity index (χ0n) is 13.5. The summed E-state index contributed by atoms with van der Waals surface area (Å²) in [5.74, 6) is 0.305. The second-order valence-corrected chi connectivity index (χ2v) is 6.61. The van der Waals surface area contributed by atoms with Crippen LogP contribution in [0.2, 0.25) is 5.02 Å². The maximum atomic E-state index is 12.7. The van der Waals surface area contributed by atoms with Gasteiger partial charge in [-0.2, -0.15) is 0 Å². The van der Waals surface area contributed by atoms with Crippen molar-refractivity contribution in [2.45, 2.75) is 12.3 Å². The average molecular weight is 353 g/mol. The van der Waals surface area contributed by atoms with Crippen LogP contribution in [-0.4, -0.2) is 38.9 Å². The molecular formula is C19H17ClN4O. The van der Waals surface area contributed by atoms with Crippen LogP contribution in [0.1, 0.15) is 28.4 Å². The van der Waals surface area contributed by atoms with Gasteiger partial charge in [0, 0.05) is 24.0 Å². The van der Waals surface area contributed by atoms with Gasteiger partial charge in [-0.05, 0) is 30.2 Å². The van der Waals surface area contributed by atoms with Crippen molar-refractivity contribution in [1.82, 2.24) is 19.9 Å². The van der Waals surface area contributed by atoms with E-state index < -0.39 is 0 Å². The van der Waals surface area contributed by atoms with Gasteiger partial charge in [-0.15, -0.1) is 5.10 Å². The fourth-order valence-corrected chi connectivity index (χ4v) is 3.40. The van der Waals surface area contributed by atoms with E-state index >= 15 is 0 Å². The van der Waals surface area contributed by atoms with Crippen molar-refractivity contribution in [3.8, 4) is 5.69 Å². The first-order valence-corrected chi connectivity index (χ1v) is 8.61. The Balaban J connectivity index is 1.49. The molecule has 126 valence electrons. The smallest absolute Gasteiger partial charge is 0.276 e. The molecule has 4 rings (SSSR count). The van der Waals surface area contributed by atoms with Gasteiger partial charge < -0.3 is 4.90 Å². The number of hydrogen-bond acceptors (Lipinski definition) is 3. The second-order valence-electron chi connectivity index (χ2n) is 6.18. The lowest BCUT2D eigenvalue weighted by Crippen LogP contribution is -2.28. The molecule has 1 atom stereocenters. The van der Waals surface area contributed by atoms with E-state index in [0.29, 0.717) is 23.2 Å². The van der Waals surface area contributed by atoms with E-state index in [1.54, 1.807) is 23.0 Å². The molecule has 0 saturated carbocycles. The summed E-state index contributed by atoms with van der Waals surface area (Å²) in [4.78, 5) is 14.6. The molecule has 25 heavy (non-hydrogen) atoms. The number of likely N-dealkylation sites (tertiary alicyclic amines) is 1. The van der Waals surface area contributed by atoms with Crippen LogP contribution in [0, 0.1) is 0 Å². The number of nitrogens with zero attached hydrogens (tertiary/aromatic N) is 4. The number of rotatable bonds is 3. The highest BCUT2D eigenvalue weighted by Gasteiger charge is 2.29. The summed E-state index contributed by atoms with van der Waals surface area (Å²) < 4.78 is 1.57. The first-order valence-electron chi connectivity index (χ1n) is 8.23. The molecule has 1 unspecified atom stereocenters. The Kier molecular flexibility index (Phi) is 4.24. The van der Waals surface area contributed by atoms with Crippen molar-refractivity contribution in [1.29, 1.82) is 0 Å². The van der Waals surface area contributed by atoms with E-state index in [9.17, 15) is 4.79 Å². The molecule has 1 amide bonds. The minimum Gasteiger partial charge on any atom is -0.337 e. The number of carbonyl (C=O) groups is 1. The normalized spacial score (nSPS) is 17.0. The number of benzene rings is 2. The Bertz CT molecular complexity index is 893. The zero-order chi connectivity index (χ0) is 17.2. The summed E-state index contributed by atoms with van der Waals surface area (Å²) in [7, 11) is 0. The van der Waals surface area contributed by atoms with E-state index in [1.807, 2.05) is 35.2 Å². The van der Waals surface area contributed by atoms with Crippen molar-refractivity contribution in [2.75, 3.05) is 13.1 Å². The van der Waals surface area contributed by atoms with Gasteiger partial charge in [0.1, 0.15) is 0 Å². The maximum absolute atomic E-state index is 12.7. The number of carbonyl (C=O) groups excluding carboxylic acids is 1. The number of aromatic nitrogens is 3. The molecule has 6 heteroatoms. The van der Waals surface area contributed by atoms with E-state index in [4.69, 9.17) is 11.6 Å². The fourth-order valence-electron chi connectivity index (χ4n) is 3.21. The molecule has 1 aliphatic heterocycles. The van der Waals surface area contributed by atoms with E-state index in [0.717, 1.165) is 18.7 Å². The molecule has 3 aromatic rings. The maximum Gasteiger partial charge on any atom is 0.276 e. The fraction of sp³-hybridized carbons (Fsp3) is 0.211. The molecule has 0 radical (unpaired) electrons. The van der Waals surface area contributed by atoms with Crippen molar-refractivity contribution in [2.24, 2.45) is 0 Å². The van der Waals surface area contributed by atoms with Gasteiger partial charge in [0.05, 0.1) is 11.9 Å². The molecule has 1 aliphatic rings. The number of halogens is 1. The van der Waals surface area contributed by atoms with Gasteiger partial charge >= 0.3 is 0 Å². The minimum absolute atomic E-state index is 0.0771. The highest BCUT2D eigenvalue weighted by molar-refractivity contribution is 6.30. The predicted molar refractivity (Wildman–Crippen MR) is 96.1 cm³/mol. The molecular weight excluding hydrogens is 336 g/mol. The lowest BCUT2D eigenvalue weighted by Gasteiger charge is -2.15. The Hall–Kier alpha value is -2.66. The third-order valence-electron chi connectivity index (χ3n) is 4.53. The molecule has 1 aromatic heterocycles. The van der Waals surface area contributed by atoms with Crippen LogP contribution in [0.25, 0.3) is 5.69 Å². The molecule has 0 spiro atoms. The van der Waals surface area contributed by atoms with Gasteiger partial charge in [-0.3, -0.25) is 4.79 Å². The number of amides is 1. The SMILES string of the molecule is O=C(c1cn(-c2cccc(Cl)c2)nn1)N1CCC(c2ccccc2)C1. The van der Waals surface area contributed by atoms with Crippen molar-refractivity contribution in [3.05, 3.63) is 77.1 Å². The molecule has 0 N–H and O–H groups in total. The summed E-state index contributed by atoms with van der Waals surface area (Å²) in [5.41, 5.74) is 2.41. The minimum atomic E-state index is -0.0771. The average Bonchev–Trinajstić information content (AvgIpc) is 3.32. The van der Waals surface area contributed by atoms with Crippen LogP contribution < -0.4 is 0 Å². The molecule has 1 saturated heterocycles. The summed E-state index contributed by atoms with van der Waals surface area (Å²) in [6, 6.07) is 17.6. The van der Waals surface area contributed by atoms with Crippen LogP contribution >= 0.6 is 11.6 Å². The molecule has 1 fully saturated rings. The summed E-state index contributed by atoms with van der Waals surface area (Å²) in [5, 5.41) is 8.72. The van der Waals surface area contributed by atoms with E-state index in [2.05, 4.69) is 22.4 Å². The van der Waals surface area contributed by atoms with Crippen LogP contribution in [0.5, 0.6) is 0 Å². The van der Waals surface area contributed by atoms with Crippen molar-refractivity contribution < 1.29 is 4.79 Å². The highest BCUT2D eigenvalue weighted by Crippen LogP contribution is 2.27. The predicted octanol–water partition coefficient (Wildman–Crippen LogP) is 3.55. The summed E-state index contributed by atoms with van der Waals surface area (Å²) in [6.07, 6.45) is 2.63. The quantitative estimate of drug-likeness (QED) is 0.724. The van der Waals surface area contributed by atoms with Crippen LogP contribution in [-0.2, 0) is 0 Å². The Morgan fingerprint density at radius 1 is 1.12 bits per heavy atom. The Morgan fingerprint density at radius 2 is 1.96 bits per heavy atom. The third-order valence-corrected chi connectivity index (χ3v) is 4.77. The highest BCUT2D eigenvalue weighted by atomic mass is 35.5. The van der Waals surface area contributed by atoms with E-state index in [1.165, 1.54) is 5.56 Å². The van der Waals surface area contributed by atoms with Gasteiger partial charge in [-0.1, -0.05) is 53.2 Å².